The van der Waals surface area contributed by atoms with Crippen LogP contribution in [0.1, 0.15) is 36.6 Å². The van der Waals surface area contributed by atoms with Gasteiger partial charge in [0.1, 0.15) is 6.04 Å². The molecule has 4 heterocycles. The quantitative estimate of drug-likeness (QED) is 0.647. The lowest BCUT2D eigenvalue weighted by Gasteiger charge is -2.32. The summed E-state index contributed by atoms with van der Waals surface area (Å²) in [5.41, 5.74) is 8.18. The average molecular weight is 438 g/mol. The average Bonchev–Trinajstić information content (AvgIpc) is 3.52. The molecule has 3 aliphatic rings. The van der Waals surface area contributed by atoms with Crippen LogP contribution < -0.4 is 25.6 Å². The molecule has 5 rings (SSSR count). The third kappa shape index (κ3) is 4.39. The summed E-state index contributed by atoms with van der Waals surface area (Å²) < 4.78 is 10.7. The Morgan fingerprint density at radius 2 is 1.94 bits per heavy atom. The van der Waals surface area contributed by atoms with Crippen molar-refractivity contribution in [2.45, 2.75) is 37.9 Å². The number of carbonyl (C=O) groups excluding carboxylic acids is 2. The maximum absolute atomic E-state index is 12.9. The molecule has 3 N–H and O–H groups in total. The van der Waals surface area contributed by atoms with Crippen LogP contribution in [-0.2, 0) is 16.1 Å². The van der Waals surface area contributed by atoms with Gasteiger partial charge in [0.05, 0.1) is 11.7 Å². The van der Waals surface area contributed by atoms with E-state index in [1.165, 1.54) is 0 Å². The number of likely N-dealkylation sites (tertiary alicyclic amines) is 1. The maximum Gasteiger partial charge on any atom is 0.241 e. The molecule has 0 spiro atoms. The van der Waals surface area contributed by atoms with Gasteiger partial charge in [-0.3, -0.25) is 14.6 Å². The zero-order chi connectivity index (χ0) is 21.9. The first-order valence-electron chi connectivity index (χ1n) is 11.0. The van der Waals surface area contributed by atoms with Crippen LogP contribution in [0.5, 0.6) is 11.5 Å². The number of benzene rings is 1. The Labute approximate surface area is 186 Å². The van der Waals surface area contributed by atoms with Crippen molar-refractivity contribution >= 4 is 11.8 Å². The minimum Gasteiger partial charge on any atom is -0.454 e. The number of nitrogens with zero attached hydrogens (tertiary/aromatic N) is 2. The van der Waals surface area contributed by atoms with Crippen molar-refractivity contribution in [1.82, 2.24) is 26.1 Å². The minimum atomic E-state index is -0.279. The van der Waals surface area contributed by atoms with Gasteiger partial charge in [-0.25, -0.2) is 10.9 Å². The van der Waals surface area contributed by atoms with Crippen molar-refractivity contribution in [3.8, 4) is 11.5 Å². The molecule has 2 saturated heterocycles. The SMILES string of the molecule is O=C(NCc1ccc2c(c1)OCO2)C1CCN(C(=O)C2CC(c3ccccn3)NN2)CC1. The second kappa shape index (κ2) is 9.13. The number of hydrazine groups is 1. The van der Waals surface area contributed by atoms with Gasteiger partial charge in [-0.05, 0) is 49.1 Å². The Kier molecular flexibility index (Phi) is 5.91. The van der Waals surface area contributed by atoms with Crippen molar-refractivity contribution in [2.24, 2.45) is 5.92 Å². The number of hydrogen-bond donors (Lipinski definition) is 3. The molecule has 0 bridgehead atoms. The number of amides is 2. The Hall–Kier alpha value is -3.17. The van der Waals surface area contributed by atoms with Gasteiger partial charge in [0.2, 0.25) is 18.6 Å². The normalized spacial score (nSPS) is 22.7. The summed E-state index contributed by atoms with van der Waals surface area (Å²) in [7, 11) is 0. The van der Waals surface area contributed by atoms with E-state index < -0.39 is 0 Å². The molecule has 0 saturated carbocycles. The van der Waals surface area contributed by atoms with Crippen LogP contribution in [0.15, 0.2) is 42.6 Å². The van der Waals surface area contributed by atoms with E-state index in [-0.39, 0.29) is 36.6 Å². The first kappa shape index (κ1) is 20.7. The molecule has 2 aromatic rings. The highest BCUT2D eigenvalue weighted by atomic mass is 16.7. The summed E-state index contributed by atoms with van der Waals surface area (Å²) in [6, 6.07) is 11.2. The molecule has 2 amide bonds. The number of pyridine rings is 1. The summed E-state index contributed by atoms with van der Waals surface area (Å²) in [6.45, 7) is 1.86. The van der Waals surface area contributed by atoms with E-state index >= 15 is 0 Å². The summed E-state index contributed by atoms with van der Waals surface area (Å²) in [5.74, 6) is 1.48. The largest absolute Gasteiger partial charge is 0.454 e. The molecule has 2 fully saturated rings. The fourth-order valence-corrected chi connectivity index (χ4v) is 4.46. The first-order chi connectivity index (χ1) is 15.7. The third-order valence-electron chi connectivity index (χ3n) is 6.33. The summed E-state index contributed by atoms with van der Waals surface area (Å²) in [4.78, 5) is 31.8. The van der Waals surface area contributed by atoms with Crippen molar-refractivity contribution in [3.63, 3.8) is 0 Å². The van der Waals surface area contributed by atoms with Gasteiger partial charge in [0.25, 0.3) is 0 Å². The van der Waals surface area contributed by atoms with Gasteiger partial charge < -0.3 is 19.7 Å². The zero-order valence-electron chi connectivity index (χ0n) is 17.8. The smallest absolute Gasteiger partial charge is 0.241 e. The fourth-order valence-electron chi connectivity index (χ4n) is 4.46. The highest BCUT2D eigenvalue weighted by Gasteiger charge is 2.35. The number of rotatable bonds is 5. The molecule has 168 valence electrons. The summed E-state index contributed by atoms with van der Waals surface area (Å²) >= 11 is 0. The van der Waals surface area contributed by atoms with Crippen LogP contribution in [0, 0.1) is 5.92 Å². The second-order valence-corrected chi connectivity index (χ2v) is 8.39. The summed E-state index contributed by atoms with van der Waals surface area (Å²) in [6.07, 6.45) is 3.76. The van der Waals surface area contributed by atoms with Crippen molar-refractivity contribution in [3.05, 3.63) is 53.9 Å². The van der Waals surface area contributed by atoms with Crippen molar-refractivity contribution < 1.29 is 19.1 Å². The number of aromatic nitrogens is 1. The molecular formula is C23H27N5O4. The zero-order valence-corrected chi connectivity index (χ0v) is 17.8. The van der Waals surface area contributed by atoms with E-state index in [9.17, 15) is 9.59 Å². The minimum absolute atomic E-state index is 0.0182. The Bertz CT molecular complexity index is 978. The summed E-state index contributed by atoms with van der Waals surface area (Å²) in [5, 5.41) is 3.01. The molecule has 1 aromatic carbocycles. The number of nitrogens with one attached hydrogen (secondary N) is 3. The molecule has 0 radical (unpaired) electrons. The van der Waals surface area contributed by atoms with E-state index in [1.807, 2.05) is 41.3 Å². The predicted molar refractivity (Wildman–Crippen MR) is 115 cm³/mol. The van der Waals surface area contributed by atoms with E-state index in [0.29, 0.717) is 44.6 Å². The van der Waals surface area contributed by atoms with Gasteiger partial charge in [-0.15, -0.1) is 0 Å². The first-order valence-corrected chi connectivity index (χ1v) is 11.0. The van der Waals surface area contributed by atoms with Crippen LogP contribution in [0.4, 0.5) is 0 Å². The van der Waals surface area contributed by atoms with Crippen LogP contribution in [0.2, 0.25) is 0 Å². The highest BCUT2D eigenvalue weighted by Crippen LogP contribution is 2.32. The third-order valence-corrected chi connectivity index (χ3v) is 6.33. The van der Waals surface area contributed by atoms with Gasteiger partial charge in [0.15, 0.2) is 11.5 Å². The van der Waals surface area contributed by atoms with Crippen LogP contribution in [-0.4, -0.2) is 47.6 Å². The van der Waals surface area contributed by atoms with Gasteiger partial charge in [0, 0.05) is 31.7 Å². The Morgan fingerprint density at radius 3 is 2.75 bits per heavy atom. The molecule has 3 aliphatic heterocycles. The lowest BCUT2D eigenvalue weighted by atomic mass is 9.95. The van der Waals surface area contributed by atoms with Crippen LogP contribution in [0.25, 0.3) is 0 Å². The number of carbonyl (C=O) groups is 2. The maximum atomic E-state index is 12.9. The highest BCUT2D eigenvalue weighted by molar-refractivity contribution is 5.83. The van der Waals surface area contributed by atoms with E-state index in [0.717, 1.165) is 17.0 Å². The van der Waals surface area contributed by atoms with Gasteiger partial charge in [-0.2, -0.15) is 0 Å². The fraction of sp³-hybridized carbons (Fsp3) is 0.435. The molecule has 1 aromatic heterocycles. The number of ether oxygens (including phenoxy) is 2. The van der Waals surface area contributed by atoms with Crippen molar-refractivity contribution in [1.29, 1.82) is 0 Å². The van der Waals surface area contributed by atoms with E-state index in [4.69, 9.17) is 9.47 Å². The number of fused-ring (bicyclic) bond motifs is 1. The molecular weight excluding hydrogens is 410 g/mol. The topological polar surface area (TPSA) is 105 Å². The molecule has 2 unspecified atom stereocenters. The molecule has 9 nitrogen and oxygen atoms in total. The number of hydrogen-bond acceptors (Lipinski definition) is 7. The molecule has 0 aliphatic carbocycles. The Balaban J connectivity index is 1.08. The van der Waals surface area contributed by atoms with E-state index in [2.05, 4.69) is 21.2 Å². The molecule has 32 heavy (non-hydrogen) atoms. The molecule has 9 heteroatoms. The monoisotopic (exact) mass is 437 g/mol. The predicted octanol–water partition coefficient (Wildman–Crippen LogP) is 1.27. The number of piperidine rings is 1. The second-order valence-electron chi connectivity index (χ2n) is 8.39. The lowest BCUT2D eigenvalue weighted by molar-refractivity contribution is -0.137. The van der Waals surface area contributed by atoms with Gasteiger partial charge >= 0.3 is 0 Å². The Morgan fingerprint density at radius 1 is 1.09 bits per heavy atom. The van der Waals surface area contributed by atoms with E-state index in [1.54, 1.807) is 6.20 Å². The van der Waals surface area contributed by atoms with Crippen LogP contribution >= 0.6 is 0 Å². The van der Waals surface area contributed by atoms with Gasteiger partial charge in [-0.1, -0.05) is 12.1 Å². The molecule has 2 atom stereocenters. The lowest BCUT2D eigenvalue weighted by Crippen LogP contribution is -2.49. The van der Waals surface area contributed by atoms with Crippen LogP contribution in [0.3, 0.4) is 0 Å². The standard InChI is InChI=1S/C23H27N5O4/c29-22(25-13-15-4-5-20-21(11-15)32-14-31-20)16-6-9-28(10-7-16)23(30)19-12-18(26-27-19)17-3-1-2-8-24-17/h1-5,8,11,16,18-19,26-27H,6-7,9-10,12-14H2,(H,25,29). The van der Waals surface area contributed by atoms with Crippen molar-refractivity contribution in [2.75, 3.05) is 19.9 Å².